The van der Waals surface area contributed by atoms with Gasteiger partial charge in [-0.15, -0.1) is 0 Å². The molecule has 29 heavy (non-hydrogen) atoms. The lowest BCUT2D eigenvalue weighted by Gasteiger charge is -2.31. The van der Waals surface area contributed by atoms with Crippen LogP contribution in [0.5, 0.6) is 5.75 Å². The van der Waals surface area contributed by atoms with Gasteiger partial charge >= 0.3 is 0 Å². The molecule has 1 aliphatic rings. The number of methoxy groups -OCH3 is 1. The number of carbonyl (C=O) groups is 1. The minimum atomic E-state index is -3.66. The minimum Gasteiger partial charge on any atom is -0.496 e. The Hall–Kier alpha value is -2.38. The Morgan fingerprint density at radius 3 is 2.48 bits per heavy atom. The first kappa shape index (κ1) is 21.3. The second-order valence-corrected chi connectivity index (χ2v) is 9.56. The maximum atomic E-state index is 13.1. The smallest absolute Gasteiger partial charge is 0.243 e. The van der Waals surface area contributed by atoms with E-state index in [-0.39, 0.29) is 23.3 Å². The van der Waals surface area contributed by atoms with Gasteiger partial charge in [-0.05, 0) is 80.6 Å². The van der Waals surface area contributed by atoms with Gasteiger partial charge < -0.3 is 10.1 Å². The zero-order valence-corrected chi connectivity index (χ0v) is 18.2. The third-order valence-corrected chi connectivity index (χ3v) is 7.39. The van der Waals surface area contributed by atoms with E-state index in [1.807, 2.05) is 39.0 Å². The molecular weight excluding hydrogens is 388 g/mol. The van der Waals surface area contributed by atoms with E-state index in [2.05, 4.69) is 5.32 Å². The molecule has 0 aromatic heterocycles. The standard InChI is InChI=1S/C22H28N2O4S/c1-15-7-8-19(12-16(15)2)23-22(25)18-6-5-11-24(14-18)29(26,27)20-9-10-21(28-4)17(3)13-20/h7-10,12-13,18H,5-6,11,14H2,1-4H3,(H,23,25)/t18-/m1/s1. The molecule has 2 aromatic rings. The molecule has 6 nitrogen and oxygen atoms in total. The molecule has 1 saturated heterocycles. The third kappa shape index (κ3) is 4.62. The topological polar surface area (TPSA) is 75.7 Å². The number of hydrogen-bond donors (Lipinski definition) is 1. The number of hydrogen-bond acceptors (Lipinski definition) is 4. The van der Waals surface area contributed by atoms with Gasteiger partial charge in [0.25, 0.3) is 0 Å². The first-order chi connectivity index (χ1) is 13.7. The van der Waals surface area contributed by atoms with E-state index in [4.69, 9.17) is 4.74 Å². The van der Waals surface area contributed by atoms with Crippen molar-refractivity contribution in [2.45, 2.75) is 38.5 Å². The molecule has 1 amide bonds. The maximum Gasteiger partial charge on any atom is 0.243 e. The molecular formula is C22H28N2O4S. The molecule has 2 aromatic carbocycles. The molecule has 7 heteroatoms. The lowest BCUT2D eigenvalue weighted by atomic mass is 9.98. The van der Waals surface area contributed by atoms with Crippen LogP contribution in [0.1, 0.15) is 29.5 Å². The van der Waals surface area contributed by atoms with E-state index in [0.717, 1.165) is 22.4 Å². The van der Waals surface area contributed by atoms with Crippen LogP contribution >= 0.6 is 0 Å². The van der Waals surface area contributed by atoms with Crippen LogP contribution in [0.4, 0.5) is 5.69 Å². The molecule has 1 heterocycles. The zero-order valence-electron chi connectivity index (χ0n) is 17.4. The number of rotatable bonds is 5. The first-order valence-corrected chi connectivity index (χ1v) is 11.2. The van der Waals surface area contributed by atoms with E-state index in [1.54, 1.807) is 25.3 Å². The van der Waals surface area contributed by atoms with Gasteiger partial charge in [-0.2, -0.15) is 4.31 Å². The molecule has 0 saturated carbocycles. The molecule has 0 spiro atoms. The van der Waals surface area contributed by atoms with Gasteiger partial charge in [0.1, 0.15) is 5.75 Å². The zero-order chi connectivity index (χ0) is 21.2. The van der Waals surface area contributed by atoms with Crippen LogP contribution in [0.25, 0.3) is 0 Å². The third-order valence-electron chi connectivity index (χ3n) is 5.53. The van der Waals surface area contributed by atoms with Crippen LogP contribution in [0.3, 0.4) is 0 Å². The summed E-state index contributed by atoms with van der Waals surface area (Å²) in [7, 11) is -2.11. The van der Waals surface area contributed by atoms with Crippen LogP contribution in [-0.4, -0.2) is 38.8 Å². The van der Waals surface area contributed by atoms with Crippen molar-refractivity contribution in [1.29, 1.82) is 0 Å². The molecule has 1 aliphatic heterocycles. The van der Waals surface area contributed by atoms with Gasteiger partial charge in [0.05, 0.1) is 17.9 Å². The Labute approximate surface area is 172 Å². The van der Waals surface area contributed by atoms with Crippen molar-refractivity contribution in [3.05, 3.63) is 53.1 Å². The maximum absolute atomic E-state index is 13.1. The number of amides is 1. The molecule has 0 bridgehead atoms. The molecule has 1 N–H and O–H groups in total. The highest BCUT2D eigenvalue weighted by Gasteiger charge is 2.33. The molecule has 156 valence electrons. The average Bonchev–Trinajstić information content (AvgIpc) is 2.70. The number of sulfonamides is 1. The minimum absolute atomic E-state index is 0.140. The molecule has 0 aliphatic carbocycles. The number of carbonyl (C=O) groups excluding carboxylic acids is 1. The number of benzene rings is 2. The van der Waals surface area contributed by atoms with Crippen molar-refractivity contribution < 1.29 is 17.9 Å². The number of piperidine rings is 1. The summed E-state index contributed by atoms with van der Waals surface area (Å²) < 4.78 is 32.8. The highest BCUT2D eigenvalue weighted by Crippen LogP contribution is 2.28. The predicted molar refractivity (Wildman–Crippen MR) is 114 cm³/mol. The van der Waals surface area contributed by atoms with Crippen molar-refractivity contribution in [1.82, 2.24) is 4.31 Å². The van der Waals surface area contributed by atoms with Crippen molar-refractivity contribution in [3.8, 4) is 5.75 Å². The summed E-state index contributed by atoms with van der Waals surface area (Å²) in [6, 6.07) is 10.6. The summed E-state index contributed by atoms with van der Waals surface area (Å²) in [6.07, 6.45) is 1.32. The fraction of sp³-hybridized carbons (Fsp3) is 0.409. The van der Waals surface area contributed by atoms with Crippen LogP contribution in [0, 0.1) is 26.7 Å². The Morgan fingerprint density at radius 1 is 1.07 bits per heavy atom. The Bertz CT molecular complexity index is 1020. The van der Waals surface area contributed by atoms with Crippen molar-refractivity contribution in [3.63, 3.8) is 0 Å². The monoisotopic (exact) mass is 416 g/mol. The highest BCUT2D eigenvalue weighted by molar-refractivity contribution is 7.89. The van der Waals surface area contributed by atoms with Gasteiger partial charge in [-0.25, -0.2) is 8.42 Å². The number of ether oxygens (including phenoxy) is 1. The molecule has 0 unspecified atom stereocenters. The van der Waals surface area contributed by atoms with Crippen LogP contribution in [-0.2, 0) is 14.8 Å². The van der Waals surface area contributed by atoms with Crippen molar-refractivity contribution in [2.75, 3.05) is 25.5 Å². The van der Waals surface area contributed by atoms with Crippen molar-refractivity contribution >= 4 is 21.6 Å². The van der Waals surface area contributed by atoms with Gasteiger partial charge in [-0.3, -0.25) is 4.79 Å². The second kappa shape index (κ2) is 8.55. The van der Waals surface area contributed by atoms with Crippen LogP contribution in [0.15, 0.2) is 41.3 Å². The van der Waals surface area contributed by atoms with Crippen LogP contribution < -0.4 is 10.1 Å². The van der Waals surface area contributed by atoms with Gasteiger partial charge in [0.2, 0.25) is 15.9 Å². The summed E-state index contributed by atoms with van der Waals surface area (Å²) in [5.74, 6) is 0.131. The predicted octanol–water partition coefficient (Wildman–Crippen LogP) is 3.66. The fourth-order valence-corrected chi connectivity index (χ4v) is 5.21. The average molecular weight is 417 g/mol. The van der Waals surface area contributed by atoms with Gasteiger partial charge in [0.15, 0.2) is 0 Å². The van der Waals surface area contributed by atoms with Gasteiger partial charge in [0, 0.05) is 18.8 Å². The lowest BCUT2D eigenvalue weighted by molar-refractivity contribution is -0.120. The van der Waals surface area contributed by atoms with Gasteiger partial charge in [-0.1, -0.05) is 6.07 Å². The number of nitrogens with zero attached hydrogens (tertiary/aromatic N) is 1. The van der Waals surface area contributed by atoms with Crippen LogP contribution in [0.2, 0.25) is 0 Å². The largest absolute Gasteiger partial charge is 0.496 e. The summed E-state index contributed by atoms with van der Waals surface area (Å²) in [4.78, 5) is 13.0. The normalized spacial score (nSPS) is 17.7. The second-order valence-electron chi connectivity index (χ2n) is 7.62. The molecule has 1 fully saturated rings. The Balaban J connectivity index is 1.74. The van der Waals surface area contributed by atoms with E-state index in [1.165, 1.54) is 4.31 Å². The summed E-state index contributed by atoms with van der Waals surface area (Å²) >= 11 is 0. The quantitative estimate of drug-likeness (QED) is 0.807. The Morgan fingerprint density at radius 2 is 1.83 bits per heavy atom. The summed E-state index contributed by atoms with van der Waals surface area (Å²) in [6.45, 7) is 6.43. The number of anilines is 1. The lowest BCUT2D eigenvalue weighted by Crippen LogP contribution is -2.43. The van der Waals surface area contributed by atoms with E-state index in [9.17, 15) is 13.2 Å². The summed E-state index contributed by atoms with van der Waals surface area (Å²) in [5.41, 5.74) is 3.76. The van der Waals surface area contributed by atoms with E-state index < -0.39 is 10.0 Å². The van der Waals surface area contributed by atoms with Crippen molar-refractivity contribution in [2.24, 2.45) is 5.92 Å². The molecule has 3 rings (SSSR count). The molecule has 1 atom stereocenters. The number of aryl methyl sites for hydroxylation is 3. The first-order valence-electron chi connectivity index (χ1n) is 9.75. The fourth-order valence-electron chi connectivity index (χ4n) is 3.60. The summed E-state index contributed by atoms with van der Waals surface area (Å²) in [5, 5.41) is 2.94. The van der Waals surface area contributed by atoms with E-state index in [0.29, 0.717) is 25.1 Å². The van der Waals surface area contributed by atoms with E-state index >= 15 is 0 Å². The SMILES string of the molecule is COc1ccc(S(=O)(=O)N2CCC[C@@H](C(=O)Nc3ccc(C)c(C)c3)C2)cc1C. The Kier molecular flexibility index (Phi) is 6.29. The molecule has 0 radical (unpaired) electrons. The number of nitrogens with one attached hydrogen (secondary N) is 1. The highest BCUT2D eigenvalue weighted by atomic mass is 32.2.